The number of hydrogen-bond acceptors (Lipinski definition) is 3. The molecule has 3 nitrogen and oxygen atoms in total. The van der Waals surface area contributed by atoms with E-state index in [1.165, 1.54) is 29.4 Å². The predicted molar refractivity (Wildman–Crippen MR) is 93.5 cm³/mol. The monoisotopic (exact) mass is 329 g/mol. The summed E-state index contributed by atoms with van der Waals surface area (Å²) in [5.74, 6) is 0. The molecule has 0 aliphatic heterocycles. The van der Waals surface area contributed by atoms with Gasteiger partial charge in [0.1, 0.15) is 0 Å². The largest absolute Gasteiger partial charge is 0.313 e. The fraction of sp³-hybridized carbons (Fsp3) is 0.368. The number of aryl methyl sites for hydroxylation is 1. The summed E-state index contributed by atoms with van der Waals surface area (Å²) in [5.41, 5.74) is 4.12. The van der Waals surface area contributed by atoms with Gasteiger partial charge in [0, 0.05) is 12.3 Å². The highest BCUT2D eigenvalue weighted by Crippen LogP contribution is 2.21. The van der Waals surface area contributed by atoms with Crippen LogP contribution >= 0.6 is 0 Å². The predicted octanol–water partition coefficient (Wildman–Crippen LogP) is 2.78. The smallest absolute Gasteiger partial charge is 0.175 e. The van der Waals surface area contributed by atoms with Crippen LogP contribution in [0.15, 0.2) is 53.4 Å². The van der Waals surface area contributed by atoms with Crippen LogP contribution in [0.4, 0.5) is 0 Å². The molecule has 1 N–H and O–H groups in total. The molecule has 23 heavy (non-hydrogen) atoms. The van der Waals surface area contributed by atoms with Gasteiger partial charge in [0.05, 0.1) is 4.90 Å². The Morgan fingerprint density at radius 1 is 1.04 bits per heavy atom. The van der Waals surface area contributed by atoms with Crippen molar-refractivity contribution in [2.24, 2.45) is 0 Å². The average Bonchev–Trinajstić information content (AvgIpc) is 2.54. The minimum Gasteiger partial charge on any atom is -0.313 e. The number of sulfone groups is 1. The fourth-order valence-corrected chi connectivity index (χ4v) is 3.83. The van der Waals surface area contributed by atoms with Crippen molar-refractivity contribution in [2.75, 3.05) is 12.8 Å². The molecular weight excluding hydrogens is 306 g/mol. The third kappa shape index (κ3) is 4.21. The van der Waals surface area contributed by atoms with Gasteiger partial charge < -0.3 is 5.32 Å². The van der Waals surface area contributed by atoms with Crippen LogP contribution in [0.3, 0.4) is 0 Å². The highest BCUT2D eigenvalue weighted by molar-refractivity contribution is 7.90. The summed E-state index contributed by atoms with van der Waals surface area (Å²) in [7, 11) is -3.10. The molecule has 0 aromatic heterocycles. The van der Waals surface area contributed by atoms with Crippen LogP contribution in [0.5, 0.6) is 0 Å². The third-order valence-electron chi connectivity index (χ3n) is 4.55. The Labute approximate surface area is 138 Å². The maximum atomic E-state index is 11.5. The Balaban J connectivity index is 1.51. The van der Waals surface area contributed by atoms with Crippen molar-refractivity contribution in [3.05, 3.63) is 65.2 Å². The van der Waals surface area contributed by atoms with Crippen LogP contribution in [-0.2, 0) is 29.1 Å². The topological polar surface area (TPSA) is 46.2 Å². The lowest BCUT2D eigenvalue weighted by molar-refractivity contribution is 0.461. The second kappa shape index (κ2) is 6.85. The summed E-state index contributed by atoms with van der Waals surface area (Å²) in [6.45, 7) is 0.922. The van der Waals surface area contributed by atoms with E-state index in [1.54, 1.807) is 12.1 Å². The van der Waals surface area contributed by atoms with E-state index in [9.17, 15) is 8.42 Å². The standard InChI is InChI=1S/C19H23NO2S/c1-23(21,22)19-10-6-15(7-11-19)12-13-20-18-9-8-16-4-2-3-5-17(16)14-18/h2-7,10-11,18,20H,8-9,12-14H2,1H3/t18-/m0/s1. The van der Waals surface area contributed by atoms with E-state index in [-0.39, 0.29) is 0 Å². The van der Waals surface area contributed by atoms with Crippen molar-refractivity contribution in [1.82, 2.24) is 5.32 Å². The lowest BCUT2D eigenvalue weighted by Gasteiger charge is -2.25. The number of rotatable bonds is 5. The summed E-state index contributed by atoms with van der Waals surface area (Å²) in [6, 6.07) is 16.4. The first-order valence-corrected chi connectivity index (χ1v) is 10.0. The Bertz CT molecular complexity index is 766. The third-order valence-corrected chi connectivity index (χ3v) is 5.67. The van der Waals surface area contributed by atoms with Gasteiger partial charge in [-0.1, -0.05) is 36.4 Å². The molecule has 2 aromatic carbocycles. The molecule has 122 valence electrons. The summed E-state index contributed by atoms with van der Waals surface area (Å²) in [6.07, 6.45) is 5.59. The first-order chi connectivity index (χ1) is 11.0. The van der Waals surface area contributed by atoms with Crippen LogP contribution in [0.1, 0.15) is 23.1 Å². The first kappa shape index (κ1) is 16.2. The maximum Gasteiger partial charge on any atom is 0.175 e. The van der Waals surface area contributed by atoms with Crippen molar-refractivity contribution < 1.29 is 8.42 Å². The van der Waals surface area contributed by atoms with Gasteiger partial charge in [-0.15, -0.1) is 0 Å². The SMILES string of the molecule is CS(=O)(=O)c1ccc(CCN[C@H]2CCc3ccccc3C2)cc1. The van der Waals surface area contributed by atoms with E-state index < -0.39 is 9.84 Å². The van der Waals surface area contributed by atoms with Crippen LogP contribution in [0, 0.1) is 0 Å². The molecule has 4 heteroatoms. The number of fused-ring (bicyclic) bond motifs is 1. The molecule has 0 heterocycles. The maximum absolute atomic E-state index is 11.5. The van der Waals surface area contributed by atoms with Crippen molar-refractivity contribution in [2.45, 2.75) is 36.6 Å². The van der Waals surface area contributed by atoms with E-state index in [0.717, 1.165) is 25.8 Å². The van der Waals surface area contributed by atoms with Gasteiger partial charge in [-0.2, -0.15) is 0 Å². The number of benzene rings is 2. The van der Waals surface area contributed by atoms with E-state index >= 15 is 0 Å². The Morgan fingerprint density at radius 3 is 2.43 bits per heavy atom. The minimum atomic E-state index is -3.10. The average molecular weight is 329 g/mol. The molecule has 2 aromatic rings. The van der Waals surface area contributed by atoms with Gasteiger partial charge in [0.2, 0.25) is 0 Å². The molecule has 0 unspecified atom stereocenters. The second-order valence-corrected chi connectivity index (χ2v) is 8.34. The van der Waals surface area contributed by atoms with Gasteiger partial charge in [0.25, 0.3) is 0 Å². The minimum absolute atomic E-state index is 0.387. The Hall–Kier alpha value is -1.65. The van der Waals surface area contributed by atoms with E-state index in [2.05, 4.69) is 29.6 Å². The second-order valence-electron chi connectivity index (χ2n) is 6.33. The molecular formula is C19H23NO2S. The molecule has 1 aliphatic rings. The Morgan fingerprint density at radius 2 is 1.74 bits per heavy atom. The van der Waals surface area contributed by atoms with Crippen LogP contribution in [0.25, 0.3) is 0 Å². The van der Waals surface area contributed by atoms with E-state index in [1.807, 2.05) is 12.1 Å². The molecule has 0 amide bonds. The molecule has 0 fully saturated rings. The highest BCUT2D eigenvalue weighted by Gasteiger charge is 2.17. The van der Waals surface area contributed by atoms with Crippen molar-refractivity contribution in [3.63, 3.8) is 0 Å². The first-order valence-electron chi connectivity index (χ1n) is 8.11. The van der Waals surface area contributed by atoms with Gasteiger partial charge in [0.15, 0.2) is 9.84 Å². The Kier molecular flexibility index (Phi) is 4.83. The van der Waals surface area contributed by atoms with Crippen LogP contribution in [0.2, 0.25) is 0 Å². The fourth-order valence-electron chi connectivity index (χ4n) is 3.20. The number of hydrogen-bond donors (Lipinski definition) is 1. The number of nitrogens with one attached hydrogen (secondary N) is 1. The quantitative estimate of drug-likeness (QED) is 0.917. The summed E-state index contributed by atoms with van der Waals surface area (Å²) < 4.78 is 22.9. The summed E-state index contributed by atoms with van der Waals surface area (Å²) in [4.78, 5) is 0.387. The van der Waals surface area contributed by atoms with Crippen molar-refractivity contribution in [3.8, 4) is 0 Å². The molecule has 0 saturated heterocycles. The van der Waals surface area contributed by atoms with Gasteiger partial charge in [-0.3, -0.25) is 0 Å². The molecule has 0 radical (unpaired) electrons. The van der Waals surface area contributed by atoms with Crippen molar-refractivity contribution in [1.29, 1.82) is 0 Å². The summed E-state index contributed by atoms with van der Waals surface area (Å²) in [5, 5.41) is 3.64. The van der Waals surface area contributed by atoms with Gasteiger partial charge in [-0.25, -0.2) is 8.42 Å². The molecule has 3 rings (SSSR count). The zero-order valence-corrected chi connectivity index (χ0v) is 14.3. The van der Waals surface area contributed by atoms with Crippen molar-refractivity contribution >= 4 is 9.84 Å². The highest BCUT2D eigenvalue weighted by atomic mass is 32.2. The van der Waals surface area contributed by atoms with E-state index in [0.29, 0.717) is 10.9 Å². The van der Waals surface area contributed by atoms with Gasteiger partial charge >= 0.3 is 0 Å². The van der Waals surface area contributed by atoms with Gasteiger partial charge in [-0.05, 0) is 61.1 Å². The molecule has 1 atom stereocenters. The molecule has 0 spiro atoms. The zero-order chi connectivity index (χ0) is 16.3. The molecule has 0 saturated carbocycles. The normalized spacial score (nSPS) is 17.7. The lowest BCUT2D eigenvalue weighted by atomic mass is 9.88. The van der Waals surface area contributed by atoms with E-state index in [4.69, 9.17) is 0 Å². The summed E-state index contributed by atoms with van der Waals surface area (Å²) >= 11 is 0. The van der Waals surface area contributed by atoms with Crippen LogP contribution < -0.4 is 5.32 Å². The van der Waals surface area contributed by atoms with Crippen LogP contribution in [-0.4, -0.2) is 27.3 Å². The molecule has 0 bridgehead atoms. The molecule has 1 aliphatic carbocycles. The lowest BCUT2D eigenvalue weighted by Crippen LogP contribution is -2.35. The zero-order valence-electron chi connectivity index (χ0n) is 13.5.